The molecule has 1 aromatic heterocycles. The van der Waals surface area contributed by atoms with Gasteiger partial charge in [-0.25, -0.2) is 0 Å². The van der Waals surface area contributed by atoms with Crippen LogP contribution in [0.1, 0.15) is 24.5 Å². The smallest absolute Gasteiger partial charge is 0.0522 e. The number of aryl methyl sites for hydroxylation is 1. The molecule has 108 valence electrons. The van der Waals surface area contributed by atoms with E-state index in [0.717, 1.165) is 30.3 Å². The van der Waals surface area contributed by atoms with Crippen molar-refractivity contribution < 1.29 is 0 Å². The maximum Gasteiger partial charge on any atom is 0.0522 e. The van der Waals surface area contributed by atoms with Gasteiger partial charge in [0.2, 0.25) is 0 Å². The molecule has 1 unspecified atom stereocenters. The number of nitrogens with one attached hydrogen (secondary N) is 1. The highest BCUT2D eigenvalue weighted by Crippen LogP contribution is 2.14. The van der Waals surface area contributed by atoms with Gasteiger partial charge >= 0.3 is 0 Å². The van der Waals surface area contributed by atoms with Crippen LogP contribution in [0.3, 0.4) is 0 Å². The van der Waals surface area contributed by atoms with Crippen LogP contribution in [0.2, 0.25) is 0 Å². The number of rotatable bonds is 7. The van der Waals surface area contributed by atoms with Crippen LogP contribution in [0.15, 0.2) is 41.1 Å². The van der Waals surface area contributed by atoms with Crippen molar-refractivity contribution in [2.45, 2.75) is 32.2 Å². The molecule has 0 spiro atoms. The van der Waals surface area contributed by atoms with Crippen LogP contribution in [0.5, 0.6) is 0 Å². The lowest BCUT2D eigenvalue weighted by atomic mass is 10.0. The summed E-state index contributed by atoms with van der Waals surface area (Å²) in [5, 5.41) is 7.90. The van der Waals surface area contributed by atoms with E-state index in [2.05, 4.69) is 63.7 Å². The Hall–Kier alpha value is -1.13. The zero-order valence-corrected chi connectivity index (χ0v) is 13.7. The molecule has 0 radical (unpaired) electrons. The van der Waals surface area contributed by atoms with Crippen LogP contribution in [0.25, 0.3) is 0 Å². The highest BCUT2D eigenvalue weighted by molar-refractivity contribution is 9.10. The molecule has 0 amide bonds. The summed E-state index contributed by atoms with van der Waals surface area (Å²) in [6.45, 7) is 3.26. The summed E-state index contributed by atoms with van der Waals surface area (Å²) < 4.78 is 3.01. The Morgan fingerprint density at radius 2 is 2.10 bits per heavy atom. The average Bonchev–Trinajstić information content (AvgIpc) is 2.81. The Bertz CT molecular complexity index is 536. The summed E-state index contributed by atoms with van der Waals surface area (Å²) in [6.07, 6.45) is 7.26. The van der Waals surface area contributed by atoms with Crippen LogP contribution in [-0.4, -0.2) is 22.4 Å². The summed E-state index contributed by atoms with van der Waals surface area (Å²) in [5.74, 6) is 0. The lowest BCUT2D eigenvalue weighted by molar-refractivity contribution is 0.504. The minimum Gasteiger partial charge on any atom is -0.313 e. The normalized spacial score (nSPS) is 12.6. The molecule has 0 aliphatic heterocycles. The average molecular weight is 336 g/mol. The zero-order valence-electron chi connectivity index (χ0n) is 12.1. The molecule has 1 atom stereocenters. The van der Waals surface area contributed by atoms with Gasteiger partial charge < -0.3 is 5.32 Å². The van der Waals surface area contributed by atoms with E-state index < -0.39 is 0 Å². The van der Waals surface area contributed by atoms with Crippen molar-refractivity contribution in [2.24, 2.45) is 7.05 Å². The van der Waals surface area contributed by atoms with Crippen molar-refractivity contribution in [3.8, 4) is 0 Å². The van der Waals surface area contributed by atoms with Crippen molar-refractivity contribution in [3.63, 3.8) is 0 Å². The fourth-order valence-corrected chi connectivity index (χ4v) is 2.82. The first kappa shape index (κ1) is 15.3. The van der Waals surface area contributed by atoms with Crippen LogP contribution in [0.4, 0.5) is 0 Å². The van der Waals surface area contributed by atoms with E-state index >= 15 is 0 Å². The van der Waals surface area contributed by atoms with Crippen LogP contribution in [-0.2, 0) is 19.9 Å². The molecule has 1 N–H and O–H groups in total. The Kier molecular flexibility index (Phi) is 5.80. The Morgan fingerprint density at radius 3 is 2.75 bits per heavy atom. The Labute approximate surface area is 129 Å². The summed E-state index contributed by atoms with van der Waals surface area (Å²) >= 11 is 3.54. The Morgan fingerprint density at radius 1 is 1.30 bits per heavy atom. The first-order valence-electron chi connectivity index (χ1n) is 7.12. The van der Waals surface area contributed by atoms with Crippen molar-refractivity contribution in [2.75, 3.05) is 6.54 Å². The predicted molar refractivity (Wildman–Crippen MR) is 86.8 cm³/mol. The highest BCUT2D eigenvalue weighted by atomic mass is 79.9. The molecule has 2 rings (SSSR count). The topological polar surface area (TPSA) is 29.9 Å². The third-order valence-corrected chi connectivity index (χ3v) is 3.79. The molecule has 1 heterocycles. The predicted octanol–water partition coefficient (Wildman–Crippen LogP) is 3.34. The van der Waals surface area contributed by atoms with Crippen molar-refractivity contribution in [1.82, 2.24) is 15.1 Å². The lowest BCUT2D eigenvalue weighted by Gasteiger charge is -2.18. The SMILES string of the molecule is CCCNC(Cc1cccc(Br)c1)Cc1cnn(C)c1. The molecule has 4 heteroatoms. The van der Waals surface area contributed by atoms with Crippen LogP contribution >= 0.6 is 15.9 Å². The van der Waals surface area contributed by atoms with Gasteiger partial charge in [0.15, 0.2) is 0 Å². The fraction of sp³-hybridized carbons (Fsp3) is 0.438. The molecule has 0 aliphatic carbocycles. The Balaban J connectivity index is 2.02. The lowest BCUT2D eigenvalue weighted by Crippen LogP contribution is -2.33. The second kappa shape index (κ2) is 7.60. The van der Waals surface area contributed by atoms with Gasteiger partial charge in [-0.05, 0) is 49.1 Å². The maximum absolute atomic E-state index is 4.25. The van der Waals surface area contributed by atoms with Gasteiger partial charge in [-0.2, -0.15) is 5.10 Å². The van der Waals surface area contributed by atoms with E-state index in [1.54, 1.807) is 0 Å². The number of hydrogen-bond donors (Lipinski definition) is 1. The number of benzene rings is 1. The second-order valence-electron chi connectivity index (χ2n) is 5.21. The quantitative estimate of drug-likeness (QED) is 0.840. The van der Waals surface area contributed by atoms with Gasteiger partial charge in [-0.1, -0.05) is 35.0 Å². The van der Waals surface area contributed by atoms with E-state index in [1.807, 2.05) is 17.9 Å². The van der Waals surface area contributed by atoms with E-state index in [-0.39, 0.29) is 0 Å². The number of aromatic nitrogens is 2. The van der Waals surface area contributed by atoms with Crippen LogP contribution < -0.4 is 5.32 Å². The van der Waals surface area contributed by atoms with Gasteiger partial charge in [-0.3, -0.25) is 4.68 Å². The van der Waals surface area contributed by atoms with Gasteiger partial charge in [0.25, 0.3) is 0 Å². The molecule has 1 aromatic carbocycles. The van der Waals surface area contributed by atoms with Crippen LogP contribution in [0, 0.1) is 0 Å². The molecule has 2 aromatic rings. The minimum absolute atomic E-state index is 0.452. The molecule has 0 fully saturated rings. The summed E-state index contributed by atoms with van der Waals surface area (Å²) in [5.41, 5.74) is 2.65. The highest BCUT2D eigenvalue weighted by Gasteiger charge is 2.11. The molecule has 0 saturated carbocycles. The van der Waals surface area contributed by atoms with E-state index in [9.17, 15) is 0 Å². The van der Waals surface area contributed by atoms with Gasteiger partial charge in [-0.15, -0.1) is 0 Å². The monoisotopic (exact) mass is 335 g/mol. The molecule has 0 aliphatic rings. The number of halogens is 1. The largest absolute Gasteiger partial charge is 0.313 e. The van der Waals surface area contributed by atoms with E-state index in [0.29, 0.717) is 6.04 Å². The van der Waals surface area contributed by atoms with Gasteiger partial charge in [0.05, 0.1) is 6.20 Å². The number of nitrogens with zero attached hydrogens (tertiary/aromatic N) is 2. The van der Waals surface area contributed by atoms with Gasteiger partial charge in [0.1, 0.15) is 0 Å². The van der Waals surface area contributed by atoms with Crippen molar-refractivity contribution in [1.29, 1.82) is 0 Å². The molecule has 3 nitrogen and oxygen atoms in total. The van der Waals surface area contributed by atoms with Gasteiger partial charge in [0, 0.05) is 23.8 Å². The van der Waals surface area contributed by atoms with Crippen molar-refractivity contribution >= 4 is 15.9 Å². The standard InChI is InChI=1S/C16H22BrN3/c1-3-7-18-16(10-14-11-19-20(2)12-14)9-13-5-4-6-15(17)8-13/h4-6,8,11-12,16,18H,3,7,9-10H2,1-2H3. The molecule has 0 bridgehead atoms. The van der Waals surface area contributed by atoms with E-state index in [1.165, 1.54) is 11.1 Å². The van der Waals surface area contributed by atoms with E-state index in [4.69, 9.17) is 0 Å². The fourth-order valence-electron chi connectivity index (χ4n) is 2.38. The molecule has 0 saturated heterocycles. The minimum atomic E-state index is 0.452. The molecule has 20 heavy (non-hydrogen) atoms. The second-order valence-corrected chi connectivity index (χ2v) is 6.13. The third-order valence-electron chi connectivity index (χ3n) is 3.29. The summed E-state index contributed by atoms with van der Waals surface area (Å²) in [7, 11) is 1.96. The first-order chi connectivity index (χ1) is 9.67. The maximum atomic E-state index is 4.25. The zero-order chi connectivity index (χ0) is 14.4. The third kappa shape index (κ3) is 4.76. The first-order valence-corrected chi connectivity index (χ1v) is 7.92. The van der Waals surface area contributed by atoms with Crippen molar-refractivity contribution in [3.05, 3.63) is 52.3 Å². The molecular formula is C16H22BrN3. The summed E-state index contributed by atoms with van der Waals surface area (Å²) in [6, 6.07) is 9.01. The summed E-state index contributed by atoms with van der Waals surface area (Å²) in [4.78, 5) is 0. The number of hydrogen-bond acceptors (Lipinski definition) is 2. The molecular weight excluding hydrogens is 314 g/mol.